The number of carbonyl (C=O) groups is 2. The highest BCUT2D eigenvalue weighted by molar-refractivity contribution is 6.29. The van der Waals surface area contributed by atoms with E-state index in [4.69, 9.17) is 45.0 Å². The molecule has 1 atom stereocenters. The molecule has 0 saturated carbocycles. The molecule has 0 aliphatic heterocycles. The third-order valence-electron chi connectivity index (χ3n) is 6.23. The molecule has 0 aliphatic carbocycles. The third-order valence-corrected chi connectivity index (χ3v) is 6.41. The van der Waals surface area contributed by atoms with Crippen LogP contribution in [0.3, 0.4) is 0 Å². The van der Waals surface area contributed by atoms with Crippen LogP contribution in [-0.2, 0) is 11.2 Å². The number of carbonyl (C=O) groups excluding carboxylic acids is 2. The number of aromatic nitrogens is 2. The molecule has 0 radical (unpaired) electrons. The first kappa shape index (κ1) is 35.2. The lowest BCUT2D eigenvalue weighted by Crippen LogP contribution is -2.41. The Kier molecular flexibility index (Phi) is 16.4. The van der Waals surface area contributed by atoms with Gasteiger partial charge >= 0.3 is 0 Å². The minimum absolute atomic E-state index is 0.0555. The lowest BCUT2D eigenvalue weighted by atomic mass is 10.1. The van der Waals surface area contributed by atoms with Gasteiger partial charge in [-0.15, -0.1) is 0 Å². The molecule has 1 heterocycles. The van der Waals surface area contributed by atoms with Crippen molar-refractivity contribution < 1.29 is 14.3 Å². The summed E-state index contributed by atoms with van der Waals surface area (Å²) in [5.41, 5.74) is 29.0. The number of aliphatic imine (C=N–C) groups is 2. The number of nitrogens with two attached hydrogens (primary N) is 5. The minimum Gasteiger partial charge on any atom is -0.492 e. The first-order chi connectivity index (χ1) is 20.7. The number of amides is 2. The normalized spacial score (nSPS) is 12.0. The number of ether oxygens (including phenoxy) is 1. The largest absolute Gasteiger partial charge is 0.492 e. The van der Waals surface area contributed by atoms with E-state index in [-0.39, 0.29) is 34.2 Å². The number of primary amides is 1. The number of amidine groups is 1. The Balaban J connectivity index is 1.52. The van der Waals surface area contributed by atoms with Crippen molar-refractivity contribution >= 4 is 35.2 Å². The van der Waals surface area contributed by atoms with Gasteiger partial charge < -0.3 is 44.0 Å². The van der Waals surface area contributed by atoms with Gasteiger partial charge in [-0.25, -0.2) is 9.97 Å². The average molecular weight is 618 g/mol. The molecule has 12 N–H and O–H groups in total. The van der Waals surface area contributed by atoms with Gasteiger partial charge in [-0.2, -0.15) is 0 Å². The molecule has 14 nitrogen and oxygen atoms in total. The number of rotatable bonds is 21. The SMILES string of the molecule is NC(=O)c1nc(Cl)cnc1C(N)=NCCCCc1ccc(OCCNCCCNC(=O)C(N)CCCCN=C(N)N)cc1. The monoisotopic (exact) mass is 617 g/mol. The summed E-state index contributed by atoms with van der Waals surface area (Å²) in [4.78, 5) is 39.7. The number of hydrogen-bond donors (Lipinski definition) is 7. The van der Waals surface area contributed by atoms with Gasteiger partial charge in [-0.05, 0) is 69.2 Å². The molecule has 0 saturated heterocycles. The van der Waals surface area contributed by atoms with Crippen LogP contribution in [0.4, 0.5) is 0 Å². The molecule has 2 rings (SSSR count). The van der Waals surface area contributed by atoms with Crippen LogP contribution >= 0.6 is 11.6 Å². The second-order valence-electron chi connectivity index (χ2n) is 9.77. The maximum Gasteiger partial charge on any atom is 0.269 e. The molecule has 1 unspecified atom stereocenters. The zero-order chi connectivity index (χ0) is 31.5. The number of unbranched alkanes of at least 4 members (excludes halogenated alkanes) is 2. The Morgan fingerprint density at radius 3 is 2.35 bits per heavy atom. The predicted molar refractivity (Wildman–Crippen MR) is 169 cm³/mol. The van der Waals surface area contributed by atoms with E-state index in [0.29, 0.717) is 39.2 Å². The summed E-state index contributed by atoms with van der Waals surface area (Å²) < 4.78 is 5.80. The van der Waals surface area contributed by atoms with Gasteiger partial charge in [-0.1, -0.05) is 23.7 Å². The van der Waals surface area contributed by atoms with Gasteiger partial charge in [0.2, 0.25) is 5.91 Å². The minimum atomic E-state index is -0.767. The van der Waals surface area contributed by atoms with E-state index in [0.717, 1.165) is 50.8 Å². The zero-order valence-electron chi connectivity index (χ0n) is 24.4. The fraction of sp³-hybridized carbons (Fsp3) is 0.500. The van der Waals surface area contributed by atoms with Gasteiger partial charge in [0.15, 0.2) is 11.7 Å². The van der Waals surface area contributed by atoms with Crippen LogP contribution in [0.15, 0.2) is 40.4 Å². The molecular weight excluding hydrogens is 574 g/mol. The van der Waals surface area contributed by atoms with Crippen molar-refractivity contribution in [2.75, 3.05) is 39.3 Å². The van der Waals surface area contributed by atoms with Crippen molar-refractivity contribution in [1.82, 2.24) is 20.6 Å². The summed E-state index contributed by atoms with van der Waals surface area (Å²) >= 11 is 5.78. The zero-order valence-corrected chi connectivity index (χ0v) is 25.2. The highest BCUT2D eigenvalue weighted by atomic mass is 35.5. The lowest BCUT2D eigenvalue weighted by molar-refractivity contribution is -0.122. The Hall–Kier alpha value is -4.01. The van der Waals surface area contributed by atoms with Gasteiger partial charge in [0.25, 0.3) is 5.91 Å². The number of nitrogens with zero attached hydrogens (tertiary/aromatic N) is 4. The van der Waals surface area contributed by atoms with Crippen molar-refractivity contribution in [1.29, 1.82) is 0 Å². The fourth-order valence-corrected chi connectivity index (χ4v) is 4.07. The quantitative estimate of drug-likeness (QED) is 0.0569. The van der Waals surface area contributed by atoms with Gasteiger partial charge in [0.05, 0.1) is 12.2 Å². The van der Waals surface area contributed by atoms with Crippen LogP contribution in [0.5, 0.6) is 5.75 Å². The smallest absolute Gasteiger partial charge is 0.269 e. The van der Waals surface area contributed by atoms with Gasteiger partial charge in [0.1, 0.15) is 29.0 Å². The number of benzene rings is 1. The van der Waals surface area contributed by atoms with E-state index in [9.17, 15) is 9.59 Å². The highest BCUT2D eigenvalue weighted by Crippen LogP contribution is 2.14. The second-order valence-corrected chi connectivity index (χ2v) is 10.2. The summed E-state index contributed by atoms with van der Waals surface area (Å²) in [6, 6.07) is 7.47. The molecule has 2 amide bonds. The summed E-state index contributed by atoms with van der Waals surface area (Å²) in [7, 11) is 0. The molecule has 0 aliphatic rings. The van der Waals surface area contributed by atoms with E-state index in [1.54, 1.807) is 0 Å². The van der Waals surface area contributed by atoms with Crippen LogP contribution in [0, 0.1) is 0 Å². The number of nitrogens with one attached hydrogen (secondary N) is 2. The van der Waals surface area contributed by atoms with Crippen molar-refractivity contribution in [3.63, 3.8) is 0 Å². The van der Waals surface area contributed by atoms with Gasteiger partial charge in [0, 0.05) is 26.2 Å². The predicted octanol–water partition coefficient (Wildman–Crippen LogP) is 0.203. The first-order valence-corrected chi connectivity index (χ1v) is 14.7. The van der Waals surface area contributed by atoms with E-state index in [2.05, 4.69) is 30.6 Å². The van der Waals surface area contributed by atoms with Crippen molar-refractivity contribution in [2.45, 2.75) is 51.0 Å². The third kappa shape index (κ3) is 14.6. The van der Waals surface area contributed by atoms with Crippen LogP contribution in [0.2, 0.25) is 5.15 Å². The fourth-order valence-electron chi connectivity index (χ4n) is 3.93. The van der Waals surface area contributed by atoms with Crippen LogP contribution in [-0.4, -0.2) is 78.9 Å². The Morgan fingerprint density at radius 2 is 1.63 bits per heavy atom. The molecule has 0 bridgehead atoms. The molecule has 15 heteroatoms. The van der Waals surface area contributed by atoms with E-state index < -0.39 is 11.9 Å². The maximum absolute atomic E-state index is 12.1. The molecular formula is C28H44ClN11O3. The van der Waals surface area contributed by atoms with Crippen LogP contribution < -0.4 is 44.0 Å². The Morgan fingerprint density at radius 1 is 0.907 bits per heavy atom. The molecule has 1 aromatic heterocycles. The summed E-state index contributed by atoms with van der Waals surface area (Å²) in [5, 5.41) is 6.22. The van der Waals surface area contributed by atoms with E-state index in [1.165, 1.54) is 11.8 Å². The molecule has 236 valence electrons. The molecule has 43 heavy (non-hydrogen) atoms. The molecule has 0 fully saturated rings. The maximum atomic E-state index is 12.1. The lowest BCUT2D eigenvalue weighted by Gasteiger charge is -2.12. The summed E-state index contributed by atoms with van der Waals surface area (Å²) in [5.74, 6) is 0.0670. The molecule has 0 spiro atoms. The number of hydrogen-bond acceptors (Lipinski definition) is 9. The second kappa shape index (κ2) is 20.0. The molecule has 1 aromatic carbocycles. The summed E-state index contributed by atoms with van der Waals surface area (Å²) in [6.45, 7) is 3.56. The van der Waals surface area contributed by atoms with Crippen molar-refractivity contribution in [3.8, 4) is 5.75 Å². The Bertz CT molecular complexity index is 1200. The highest BCUT2D eigenvalue weighted by Gasteiger charge is 2.15. The van der Waals surface area contributed by atoms with Crippen molar-refractivity contribution in [3.05, 3.63) is 52.6 Å². The molecule has 2 aromatic rings. The van der Waals surface area contributed by atoms with Crippen molar-refractivity contribution in [2.24, 2.45) is 38.7 Å². The number of halogens is 1. The van der Waals surface area contributed by atoms with E-state index >= 15 is 0 Å². The summed E-state index contributed by atoms with van der Waals surface area (Å²) in [6.07, 6.45) is 6.84. The Labute approximate surface area is 257 Å². The van der Waals surface area contributed by atoms with E-state index in [1.807, 2.05) is 24.3 Å². The number of guanidine groups is 1. The van der Waals surface area contributed by atoms with Crippen LogP contribution in [0.25, 0.3) is 0 Å². The standard InChI is InChI=1S/C28H44ClN11O3/c29-22-18-39-23(24(40-22)26(32)41)25(31)36-13-3-1-6-19-8-10-20(11-9-19)43-17-16-35-12-5-15-37-27(42)21(30)7-2-4-14-38-28(33)34/h8-11,18,21,35H,1-7,12-17,30H2,(H2,31,36)(H2,32,41)(H,37,42)(H4,33,34,38). The van der Waals surface area contributed by atoms with Crippen LogP contribution in [0.1, 0.15) is 60.3 Å². The topological polar surface area (TPSA) is 248 Å². The average Bonchev–Trinajstić information content (AvgIpc) is 2.98. The first-order valence-electron chi connectivity index (χ1n) is 14.3. The number of aryl methyl sites for hydroxylation is 1. The van der Waals surface area contributed by atoms with Gasteiger partial charge in [-0.3, -0.25) is 19.6 Å².